The van der Waals surface area contributed by atoms with Crippen molar-refractivity contribution in [3.8, 4) is 0 Å². The summed E-state index contributed by atoms with van der Waals surface area (Å²) in [6, 6.07) is 0. The van der Waals surface area contributed by atoms with E-state index in [1.165, 1.54) is 13.0 Å². The third-order valence-corrected chi connectivity index (χ3v) is 1.41. The third-order valence-electron chi connectivity index (χ3n) is 1.41. The van der Waals surface area contributed by atoms with Gasteiger partial charge in [-0.25, -0.2) is 0 Å². The molecule has 0 aliphatic heterocycles. The van der Waals surface area contributed by atoms with Crippen molar-refractivity contribution >= 4 is 5.97 Å². The maximum Gasteiger partial charge on any atom is 0.307 e. The number of carbonyl (C=O) groups is 1. The highest BCUT2D eigenvalue weighted by atomic mass is 16.5. The van der Waals surface area contributed by atoms with Crippen molar-refractivity contribution in [1.82, 2.24) is 0 Å². The fourth-order valence-corrected chi connectivity index (χ4v) is 0.982. The lowest BCUT2D eigenvalue weighted by molar-refractivity contribution is -0.138. The van der Waals surface area contributed by atoms with Gasteiger partial charge in [0.05, 0.1) is 6.10 Å². The monoisotopic (exact) mass is 158 g/mol. The van der Waals surface area contributed by atoms with Crippen LogP contribution >= 0.6 is 0 Å². The molecule has 0 amide bonds. The van der Waals surface area contributed by atoms with Crippen LogP contribution in [0.5, 0.6) is 0 Å². The lowest BCUT2D eigenvalue weighted by atomic mass is 10.3. The molecular formula is C7H10O4. The highest BCUT2D eigenvalue weighted by Crippen LogP contribution is 2.19. The first-order chi connectivity index (χ1) is 5.09. The van der Waals surface area contributed by atoms with Gasteiger partial charge in [-0.15, -0.1) is 0 Å². The van der Waals surface area contributed by atoms with Crippen LogP contribution < -0.4 is 0 Å². The van der Waals surface area contributed by atoms with Crippen LogP contribution in [0.25, 0.3) is 0 Å². The first-order valence-corrected chi connectivity index (χ1v) is 3.36. The van der Waals surface area contributed by atoms with Gasteiger partial charge in [-0.2, -0.15) is 0 Å². The second-order valence-corrected chi connectivity index (χ2v) is 2.48. The minimum absolute atomic E-state index is 0.157. The molecule has 1 aliphatic carbocycles. The van der Waals surface area contributed by atoms with Gasteiger partial charge in [-0.05, 0) is 6.08 Å². The molecule has 0 unspecified atom stereocenters. The zero-order chi connectivity index (χ0) is 8.43. The van der Waals surface area contributed by atoms with Gasteiger partial charge in [0.2, 0.25) is 0 Å². The molecule has 0 radical (unpaired) electrons. The number of hydrogen-bond acceptors (Lipinski definition) is 4. The van der Waals surface area contributed by atoms with Gasteiger partial charge in [0.1, 0.15) is 11.9 Å². The second-order valence-electron chi connectivity index (χ2n) is 2.48. The van der Waals surface area contributed by atoms with Gasteiger partial charge in [0.25, 0.3) is 0 Å². The summed E-state index contributed by atoms with van der Waals surface area (Å²) in [4.78, 5) is 10.4. The Morgan fingerprint density at radius 3 is 2.73 bits per heavy atom. The van der Waals surface area contributed by atoms with Crippen LogP contribution in [-0.2, 0) is 9.53 Å². The molecule has 0 fully saturated rings. The summed E-state index contributed by atoms with van der Waals surface area (Å²) in [7, 11) is 0. The van der Waals surface area contributed by atoms with Gasteiger partial charge in [-0.1, -0.05) is 0 Å². The Kier molecular flexibility index (Phi) is 2.26. The molecule has 62 valence electrons. The minimum Gasteiger partial charge on any atom is -0.429 e. The van der Waals surface area contributed by atoms with E-state index in [-0.39, 0.29) is 12.2 Å². The van der Waals surface area contributed by atoms with E-state index in [1.54, 1.807) is 0 Å². The quantitative estimate of drug-likeness (QED) is 0.507. The Morgan fingerprint density at radius 2 is 2.36 bits per heavy atom. The van der Waals surface area contributed by atoms with Crippen LogP contribution in [-0.4, -0.2) is 28.4 Å². The first-order valence-electron chi connectivity index (χ1n) is 3.36. The Morgan fingerprint density at radius 1 is 1.73 bits per heavy atom. The normalized spacial score (nSPS) is 29.9. The van der Waals surface area contributed by atoms with E-state index in [2.05, 4.69) is 4.74 Å². The summed E-state index contributed by atoms with van der Waals surface area (Å²) in [5, 5.41) is 18.1. The maximum absolute atomic E-state index is 10.4. The third kappa shape index (κ3) is 2.03. The molecule has 11 heavy (non-hydrogen) atoms. The zero-order valence-corrected chi connectivity index (χ0v) is 6.15. The number of aliphatic hydroxyl groups excluding tert-OH is 2. The Labute approximate surface area is 64.1 Å². The van der Waals surface area contributed by atoms with E-state index in [9.17, 15) is 4.79 Å². The van der Waals surface area contributed by atoms with Crippen molar-refractivity contribution in [2.45, 2.75) is 25.6 Å². The maximum atomic E-state index is 10.4. The number of aliphatic hydroxyl groups is 2. The molecule has 0 spiro atoms. The molecule has 1 rings (SSSR count). The lowest BCUT2D eigenvalue weighted by Crippen LogP contribution is -2.11. The SMILES string of the molecule is CC(=O)OC1=C[C@H](O)C[C@@H]1O. The van der Waals surface area contributed by atoms with Crippen molar-refractivity contribution in [2.75, 3.05) is 0 Å². The molecule has 4 heteroatoms. The average molecular weight is 158 g/mol. The van der Waals surface area contributed by atoms with Gasteiger partial charge >= 0.3 is 5.97 Å². The predicted octanol–water partition coefficient (Wildman–Crippen LogP) is -0.441. The standard InChI is InChI=1S/C7H10O4/c1-4(8)11-7-3-5(9)2-6(7)10/h3,5-6,9-10H,2H2,1H3/t5-,6+/m1/s1. The van der Waals surface area contributed by atoms with E-state index in [0.717, 1.165) is 0 Å². The van der Waals surface area contributed by atoms with Crippen LogP contribution in [0.15, 0.2) is 11.8 Å². The smallest absolute Gasteiger partial charge is 0.307 e. The molecule has 1 aliphatic rings. The number of ether oxygens (including phenoxy) is 1. The van der Waals surface area contributed by atoms with Gasteiger partial charge < -0.3 is 14.9 Å². The van der Waals surface area contributed by atoms with Crippen LogP contribution in [0.3, 0.4) is 0 Å². The van der Waals surface area contributed by atoms with Crippen LogP contribution in [0.4, 0.5) is 0 Å². The Hall–Kier alpha value is -0.870. The summed E-state index contributed by atoms with van der Waals surface area (Å²) in [5.41, 5.74) is 0. The number of hydrogen-bond donors (Lipinski definition) is 2. The minimum atomic E-state index is -0.839. The van der Waals surface area contributed by atoms with Crippen LogP contribution in [0, 0.1) is 0 Å². The number of esters is 1. The molecule has 0 aromatic rings. The molecule has 0 bridgehead atoms. The topological polar surface area (TPSA) is 66.8 Å². The van der Waals surface area contributed by atoms with Crippen molar-refractivity contribution in [3.05, 3.63) is 11.8 Å². The van der Waals surface area contributed by atoms with E-state index in [1.807, 2.05) is 0 Å². The summed E-state index contributed by atoms with van der Waals surface area (Å²) >= 11 is 0. The molecular weight excluding hydrogens is 148 g/mol. The second kappa shape index (κ2) is 3.02. The molecule has 0 aromatic heterocycles. The summed E-state index contributed by atoms with van der Waals surface area (Å²) in [6.07, 6.45) is 0.0162. The van der Waals surface area contributed by atoms with Crippen molar-refractivity contribution < 1.29 is 19.7 Å². The fraction of sp³-hybridized carbons (Fsp3) is 0.571. The molecule has 0 saturated heterocycles. The molecule has 0 saturated carbocycles. The van der Waals surface area contributed by atoms with Crippen molar-refractivity contribution in [3.63, 3.8) is 0 Å². The summed E-state index contributed by atoms with van der Waals surface area (Å²) in [5.74, 6) is -0.325. The van der Waals surface area contributed by atoms with Gasteiger partial charge in [-0.3, -0.25) is 4.79 Å². The molecule has 0 heterocycles. The number of carbonyl (C=O) groups excluding carboxylic acids is 1. The highest BCUT2D eigenvalue weighted by Gasteiger charge is 2.25. The summed E-state index contributed by atoms with van der Waals surface area (Å²) in [6.45, 7) is 1.25. The van der Waals surface area contributed by atoms with Crippen LogP contribution in [0.1, 0.15) is 13.3 Å². The van der Waals surface area contributed by atoms with Crippen molar-refractivity contribution in [2.24, 2.45) is 0 Å². The van der Waals surface area contributed by atoms with Gasteiger partial charge in [0, 0.05) is 13.3 Å². The zero-order valence-electron chi connectivity index (χ0n) is 6.15. The van der Waals surface area contributed by atoms with E-state index in [4.69, 9.17) is 10.2 Å². The fourth-order valence-electron chi connectivity index (χ4n) is 0.982. The highest BCUT2D eigenvalue weighted by molar-refractivity contribution is 5.67. The van der Waals surface area contributed by atoms with E-state index >= 15 is 0 Å². The molecule has 0 aromatic carbocycles. The van der Waals surface area contributed by atoms with E-state index in [0.29, 0.717) is 0 Å². The Balaban J connectivity index is 2.57. The molecule has 2 atom stereocenters. The van der Waals surface area contributed by atoms with Crippen LogP contribution in [0.2, 0.25) is 0 Å². The summed E-state index contributed by atoms with van der Waals surface area (Å²) < 4.78 is 4.61. The Bertz CT molecular complexity index is 197. The lowest BCUT2D eigenvalue weighted by Gasteiger charge is -2.05. The van der Waals surface area contributed by atoms with Crippen molar-refractivity contribution in [1.29, 1.82) is 0 Å². The number of rotatable bonds is 1. The first kappa shape index (κ1) is 8.23. The molecule has 4 nitrogen and oxygen atoms in total. The average Bonchev–Trinajstić information content (AvgIpc) is 2.09. The van der Waals surface area contributed by atoms with Gasteiger partial charge in [0.15, 0.2) is 0 Å². The largest absolute Gasteiger partial charge is 0.429 e. The van der Waals surface area contributed by atoms with E-state index < -0.39 is 18.2 Å². The predicted molar refractivity (Wildman–Crippen MR) is 36.5 cm³/mol. The molecule has 2 N–H and O–H groups in total.